The van der Waals surface area contributed by atoms with E-state index in [-0.39, 0.29) is 36.8 Å². The standard InChI is InChI=1S/C19H34N4O3.ClH/c1-5-14-6-9-19(10-7-14)17(25)23(18(26)21-19)12-16(24)22(4)11-8-15(20)13(2)3;/h13-15H,5-12,20H2,1-4H3,(H,21,26);1H. The first-order valence-corrected chi connectivity index (χ1v) is 9.83. The van der Waals surface area contributed by atoms with Gasteiger partial charge in [-0.1, -0.05) is 27.2 Å². The number of carbonyl (C=O) groups is 3. The molecule has 8 heteroatoms. The summed E-state index contributed by atoms with van der Waals surface area (Å²) in [6, 6.07) is -0.412. The highest BCUT2D eigenvalue weighted by Crippen LogP contribution is 2.37. The van der Waals surface area contributed by atoms with Gasteiger partial charge in [-0.05, 0) is 43.9 Å². The van der Waals surface area contributed by atoms with Crippen molar-refractivity contribution in [2.45, 2.75) is 70.9 Å². The van der Waals surface area contributed by atoms with Crippen LogP contribution in [0.3, 0.4) is 0 Å². The summed E-state index contributed by atoms with van der Waals surface area (Å²) in [5, 5.41) is 2.87. The Balaban J connectivity index is 0.00000364. The number of likely N-dealkylation sites (N-methyl/N-ethyl adjacent to an activating group) is 1. The summed E-state index contributed by atoms with van der Waals surface area (Å²) in [4.78, 5) is 40.3. The Morgan fingerprint density at radius 2 is 1.93 bits per heavy atom. The van der Waals surface area contributed by atoms with E-state index in [1.807, 2.05) is 13.8 Å². The summed E-state index contributed by atoms with van der Waals surface area (Å²) in [7, 11) is 1.69. The number of hydrogen-bond donors (Lipinski definition) is 2. The number of hydrogen-bond acceptors (Lipinski definition) is 4. The van der Waals surface area contributed by atoms with Crippen LogP contribution >= 0.6 is 12.4 Å². The summed E-state index contributed by atoms with van der Waals surface area (Å²) >= 11 is 0. The van der Waals surface area contributed by atoms with Gasteiger partial charge in [0.1, 0.15) is 12.1 Å². The van der Waals surface area contributed by atoms with E-state index in [1.54, 1.807) is 11.9 Å². The van der Waals surface area contributed by atoms with Crippen molar-refractivity contribution in [2.24, 2.45) is 17.6 Å². The number of nitrogens with zero attached hydrogens (tertiary/aromatic N) is 2. The van der Waals surface area contributed by atoms with Crippen molar-refractivity contribution in [1.29, 1.82) is 0 Å². The fourth-order valence-corrected chi connectivity index (χ4v) is 3.79. The fourth-order valence-electron chi connectivity index (χ4n) is 3.79. The molecule has 2 aliphatic rings. The zero-order valence-electron chi connectivity index (χ0n) is 17.0. The third kappa shape index (κ3) is 5.35. The topological polar surface area (TPSA) is 95.7 Å². The Hall–Kier alpha value is -1.34. The van der Waals surface area contributed by atoms with Crippen LogP contribution in [0.2, 0.25) is 0 Å². The number of amides is 4. The van der Waals surface area contributed by atoms with E-state index in [1.165, 1.54) is 0 Å². The molecule has 2 rings (SSSR count). The van der Waals surface area contributed by atoms with Gasteiger partial charge in [-0.3, -0.25) is 14.5 Å². The minimum Gasteiger partial charge on any atom is -0.344 e. The van der Waals surface area contributed by atoms with Gasteiger partial charge in [0.2, 0.25) is 5.91 Å². The molecule has 156 valence electrons. The van der Waals surface area contributed by atoms with Crippen LogP contribution in [-0.4, -0.2) is 59.4 Å². The van der Waals surface area contributed by atoms with E-state index in [0.29, 0.717) is 37.6 Å². The summed E-state index contributed by atoms with van der Waals surface area (Å²) in [5.41, 5.74) is 5.23. The average Bonchev–Trinajstić information content (AvgIpc) is 2.84. The maximum atomic E-state index is 12.9. The lowest BCUT2D eigenvalue weighted by Crippen LogP contribution is -2.50. The van der Waals surface area contributed by atoms with E-state index in [0.717, 1.165) is 24.2 Å². The minimum atomic E-state index is -0.790. The monoisotopic (exact) mass is 402 g/mol. The molecule has 27 heavy (non-hydrogen) atoms. The van der Waals surface area contributed by atoms with E-state index in [2.05, 4.69) is 12.2 Å². The SMILES string of the molecule is CCC1CCC2(CC1)NC(=O)N(CC(=O)N(C)CCC(N)C(C)C)C2=O.Cl. The number of nitrogens with one attached hydrogen (secondary N) is 1. The third-order valence-electron chi connectivity index (χ3n) is 6.16. The fraction of sp³-hybridized carbons (Fsp3) is 0.842. The quantitative estimate of drug-likeness (QED) is 0.637. The summed E-state index contributed by atoms with van der Waals surface area (Å²) < 4.78 is 0. The third-order valence-corrected chi connectivity index (χ3v) is 6.16. The maximum absolute atomic E-state index is 12.9. The summed E-state index contributed by atoms with van der Waals surface area (Å²) in [5.74, 6) is 0.501. The molecule has 1 saturated carbocycles. The molecule has 4 amide bonds. The zero-order chi connectivity index (χ0) is 19.5. The molecule has 7 nitrogen and oxygen atoms in total. The molecule has 1 heterocycles. The number of carbonyl (C=O) groups excluding carboxylic acids is 3. The molecule has 0 bridgehead atoms. The van der Waals surface area contributed by atoms with Gasteiger partial charge in [-0.25, -0.2) is 4.79 Å². The smallest absolute Gasteiger partial charge is 0.325 e. The highest BCUT2D eigenvalue weighted by atomic mass is 35.5. The Bertz CT molecular complexity index is 547. The molecule has 1 spiro atoms. The van der Waals surface area contributed by atoms with E-state index in [4.69, 9.17) is 5.73 Å². The lowest BCUT2D eigenvalue weighted by molar-refractivity contribution is -0.139. The molecule has 0 aromatic carbocycles. The minimum absolute atomic E-state index is 0. The lowest BCUT2D eigenvalue weighted by Gasteiger charge is -2.34. The average molecular weight is 403 g/mol. The van der Waals surface area contributed by atoms with Gasteiger partial charge in [0, 0.05) is 19.6 Å². The van der Waals surface area contributed by atoms with Crippen molar-refractivity contribution >= 4 is 30.3 Å². The van der Waals surface area contributed by atoms with Gasteiger partial charge in [0.15, 0.2) is 0 Å². The van der Waals surface area contributed by atoms with Crippen LogP contribution in [0.1, 0.15) is 59.3 Å². The number of nitrogens with two attached hydrogens (primary N) is 1. The number of rotatable bonds is 7. The van der Waals surface area contributed by atoms with Gasteiger partial charge in [-0.2, -0.15) is 0 Å². The van der Waals surface area contributed by atoms with Crippen molar-refractivity contribution in [1.82, 2.24) is 15.1 Å². The molecule has 0 radical (unpaired) electrons. The molecule has 0 aromatic rings. The summed E-state index contributed by atoms with van der Waals surface area (Å²) in [6.07, 6.45) is 5.01. The van der Waals surface area contributed by atoms with E-state index >= 15 is 0 Å². The number of imide groups is 1. The second kappa shape index (κ2) is 9.73. The molecule has 1 aliphatic heterocycles. The Morgan fingerprint density at radius 1 is 1.33 bits per heavy atom. The molecular formula is C19H35ClN4O3. The Labute approximate surface area is 168 Å². The molecule has 2 fully saturated rings. The first kappa shape index (κ1) is 23.7. The van der Waals surface area contributed by atoms with Gasteiger partial charge in [0.05, 0.1) is 0 Å². The van der Waals surface area contributed by atoms with Crippen LogP contribution in [0.5, 0.6) is 0 Å². The first-order valence-electron chi connectivity index (χ1n) is 9.83. The lowest BCUT2D eigenvalue weighted by atomic mass is 9.75. The van der Waals surface area contributed by atoms with Gasteiger partial charge >= 0.3 is 6.03 Å². The predicted molar refractivity (Wildman–Crippen MR) is 108 cm³/mol. The van der Waals surface area contributed by atoms with Crippen molar-refractivity contribution in [3.05, 3.63) is 0 Å². The molecular weight excluding hydrogens is 368 g/mol. The van der Waals surface area contributed by atoms with Crippen LogP contribution in [0.4, 0.5) is 4.79 Å². The molecule has 0 aromatic heterocycles. The van der Waals surface area contributed by atoms with Crippen LogP contribution < -0.4 is 11.1 Å². The highest BCUT2D eigenvalue weighted by Gasteiger charge is 2.52. The van der Waals surface area contributed by atoms with Crippen LogP contribution in [0.25, 0.3) is 0 Å². The molecule has 3 N–H and O–H groups in total. The van der Waals surface area contributed by atoms with Crippen molar-refractivity contribution in [3.63, 3.8) is 0 Å². The van der Waals surface area contributed by atoms with Crippen LogP contribution in [0, 0.1) is 11.8 Å². The van der Waals surface area contributed by atoms with Crippen molar-refractivity contribution in [2.75, 3.05) is 20.1 Å². The second-order valence-electron chi connectivity index (χ2n) is 8.27. The molecule has 1 unspecified atom stereocenters. The maximum Gasteiger partial charge on any atom is 0.325 e. The number of urea groups is 1. The first-order chi connectivity index (χ1) is 12.2. The second-order valence-corrected chi connectivity index (χ2v) is 8.27. The van der Waals surface area contributed by atoms with Crippen molar-refractivity contribution in [3.8, 4) is 0 Å². The highest BCUT2D eigenvalue weighted by molar-refractivity contribution is 6.09. The Morgan fingerprint density at radius 3 is 2.44 bits per heavy atom. The Kier molecular flexibility index (Phi) is 8.54. The van der Waals surface area contributed by atoms with E-state index in [9.17, 15) is 14.4 Å². The normalized spacial score (nSPS) is 26.1. The van der Waals surface area contributed by atoms with Gasteiger partial charge in [-0.15, -0.1) is 12.4 Å². The van der Waals surface area contributed by atoms with Crippen LogP contribution in [-0.2, 0) is 9.59 Å². The summed E-state index contributed by atoms with van der Waals surface area (Å²) in [6.45, 7) is 6.57. The molecule has 1 aliphatic carbocycles. The van der Waals surface area contributed by atoms with Gasteiger partial charge in [0.25, 0.3) is 5.91 Å². The molecule has 1 saturated heterocycles. The zero-order valence-corrected chi connectivity index (χ0v) is 17.8. The van der Waals surface area contributed by atoms with E-state index < -0.39 is 11.6 Å². The van der Waals surface area contributed by atoms with Crippen molar-refractivity contribution < 1.29 is 14.4 Å². The number of halogens is 1. The predicted octanol–water partition coefficient (Wildman–Crippen LogP) is 2.13. The molecule has 1 atom stereocenters. The van der Waals surface area contributed by atoms with Gasteiger partial charge < -0.3 is 16.0 Å². The van der Waals surface area contributed by atoms with Crippen LogP contribution in [0.15, 0.2) is 0 Å². The largest absolute Gasteiger partial charge is 0.344 e.